The van der Waals surface area contributed by atoms with Crippen LogP contribution in [0.25, 0.3) is 16.5 Å². The molecule has 26 heavy (non-hydrogen) atoms. The van der Waals surface area contributed by atoms with E-state index in [2.05, 4.69) is 5.32 Å². The summed E-state index contributed by atoms with van der Waals surface area (Å²) in [5, 5.41) is 3.39. The van der Waals surface area contributed by atoms with Gasteiger partial charge in [0.25, 0.3) is 11.5 Å². The fraction of sp³-hybridized carbons (Fsp3) is 0.158. The minimum absolute atomic E-state index is 0.131. The molecule has 0 fully saturated rings. The van der Waals surface area contributed by atoms with Crippen LogP contribution in [0.15, 0.2) is 53.5 Å². The van der Waals surface area contributed by atoms with E-state index in [-0.39, 0.29) is 23.2 Å². The Hall–Kier alpha value is -3.06. The maximum Gasteiger partial charge on any atom is 0.263 e. The Balaban J connectivity index is 2.20. The number of halogens is 2. The Morgan fingerprint density at radius 2 is 1.88 bits per heavy atom. The summed E-state index contributed by atoms with van der Waals surface area (Å²) in [6.07, 6.45) is 1.27. The van der Waals surface area contributed by atoms with Crippen LogP contribution in [-0.4, -0.2) is 30.7 Å². The second-order valence-corrected chi connectivity index (χ2v) is 5.61. The van der Waals surface area contributed by atoms with Gasteiger partial charge in [0.05, 0.1) is 17.9 Å². The molecule has 134 valence electrons. The quantitative estimate of drug-likeness (QED) is 0.714. The van der Waals surface area contributed by atoms with E-state index in [9.17, 15) is 18.4 Å². The fourth-order valence-corrected chi connectivity index (χ4v) is 2.69. The summed E-state index contributed by atoms with van der Waals surface area (Å²) in [5.41, 5.74) is -0.423. The lowest BCUT2D eigenvalue weighted by Gasteiger charge is -2.13. The smallest absolute Gasteiger partial charge is 0.263 e. The highest BCUT2D eigenvalue weighted by molar-refractivity contribution is 6.06. The summed E-state index contributed by atoms with van der Waals surface area (Å²) in [6, 6.07) is 9.47. The van der Waals surface area contributed by atoms with Crippen LogP contribution >= 0.6 is 0 Å². The molecule has 7 heteroatoms. The van der Waals surface area contributed by atoms with Crippen molar-refractivity contribution in [2.24, 2.45) is 0 Å². The van der Waals surface area contributed by atoms with Gasteiger partial charge in [-0.15, -0.1) is 0 Å². The average molecular weight is 358 g/mol. The number of nitrogens with zero attached hydrogens (tertiary/aromatic N) is 1. The Morgan fingerprint density at radius 1 is 1.15 bits per heavy atom. The number of carbonyl (C=O) groups is 1. The number of ether oxygens (including phenoxy) is 1. The van der Waals surface area contributed by atoms with Gasteiger partial charge in [-0.2, -0.15) is 0 Å². The van der Waals surface area contributed by atoms with E-state index in [0.29, 0.717) is 18.1 Å². The minimum Gasteiger partial charge on any atom is -0.383 e. The van der Waals surface area contributed by atoms with Gasteiger partial charge in [0.1, 0.15) is 11.6 Å². The van der Waals surface area contributed by atoms with Crippen molar-refractivity contribution in [1.82, 2.24) is 9.88 Å². The predicted octanol–water partition coefficient (Wildman–Crippen LogP) is 2.65. The second kappa shape index (κ2) is 7.45. The average Bonchev–Trinajstić information content (AvgIpc) is 2.63. The lowest BCUT2D eigenvalue weighted by molar-refractivity contribution is 0.0938. The van der Waals surface area contributed by atoms with Crippen molar-refractivity contribution in [2.75, 3.05) is 20.3 Å². The van der Waals surface area contributed by atoms with Crippen LogP contribution in [0.3, 0.4) is 0 Å². The number of rotatable bonds is 5. The molecule has 0 bridgehead atoms. The van der Waals surface area contributed by atoms with E-state index in [1.165, 1.54) is 13.3 Å². The van der Waals surface area contributed by atoms with Gasteiger partial charge in [-0.3, -0.25) is 14.2 Å². The number of hydrogen-bond donors (Lipinski definition) is 1. The van der Waals surface area contributed by atoms with E-state index in [1.807, 2.05) is 0 Å². The summed E-state index contributed by atoms with van der Waals surface area (Å²) >= 11 is 0. The third-order valence-corrected chi connectivity index (χ3v) is 3.93. The monoisotopic (exact) mass is 358 g/mol. The van der Waals surface area contributed by atoms with Gasteiger partial charge >= 0.3 is 0 Å². The Morgan fingerprint density at radius 3 is 2.58 bits per heavy atom. The van der Waals surface area contributed by atoms with Crippen LogP contribution in [0.2, 0.25) is 0 Å². The highest BCUT2D eigenvalue weighted by Crippen LogP contribution is 2.19. The second-order valence-electron chi connectivity index (χ2n) is 5.61. The van der Waals surface area contributed by atoms with Gasteiger partial charge in [0.15, 0.2) is 0 Å². The molecule has 0 spiro atoms. The van der Waals surface area contributed by atoms with Gasteiger partial charge in [0, 0.05) is 36.7 Å². The maximum atomic E-state index is 14.2. The molecule has 0 saturated carbocycles. The van der Waals surface area contributed by atoms with Crippen LogP contribution in [0.1, 0.15) is 10.4 Å². The molecule has 0 atom stereocenters. The fourth-order valence-electron chi connectivity index (χ4n) is 2.69. The molecule has 1 aromatic heterocycles. The molecule has 0 aliphatic heterocycles. The van der Waals surface area contributed by atoms with Gasteiger partial charge in [-0.05, 0) is 18.2 Å². The first-order valence-corrected chi connectivity index (χ1v) is 7.90. The van der Waals surface area contributed by atoms with Gasteiger partial charge in [-0.25, -0.2) is 8.78 Å². The number of fused-ring (bicyclic) bond motifs is 1. The number of carbonyl (C=O) groups excluding carboxylic acids is 1. The Bertz CT molecular complexity index is 1030. The highest BCUT2D eigenvalue weighted by Gasteiger charge is 2.17. The molecule has 0 aliphatic rings. The number of pyridine rings is 1. The van der Waals surface area contributed by atoms with Crippen molar-refractivity contribution in [2.45, 2.75) is 0 Å². The highest BCUT2D eigenvalue weighted by atomic mass is 19.1. The molecule has 1 N–H and O–H groups in total. The molecule has 1 amide bonds. The molecule has 0 radical (unpaired) electrons. The first-order chi connectivity index (χ1) is 12.5. The van der Waals surface area contributed by atoms with Crippen molar-refractivity contribution < 1.29 is 18.3 Å². The molecule has 0 saturated heterocycles. The van der Waals surface area contributed by atoms with Gasteiger partial charge < -0.3 is 10.1 Å². The summed E-state index contributed by atoms with van der Waals surface area (Å²) < 4.78 is 33.3. The molecular formula is C19H16F2N2O3. The molecule has 5 nitrogen and oxygen atoms in total. The summed E-state index contributed by atoms with van der Waals surface area (Å²) in [5.74, 6) is -2.07. The van der Waals surface area contributed by atoms with E-state index in [4.69, 9.17) is 4.74 Å². The van der Waals surface area contributed by atoms with Gasteiger partial charge in [-0.1, -0.05) is 18.2 Å². The zero-order valence-electron chi connectivity index (χ0n) is 14.0. The molecule has 0 unspecified atom stereocenters. The zero-order valence-corrected chi connectivity index (χ0v) is 14.0. The summed E-state index contributed by atoms with van der Waals surface area (Å²) in [7, 11) is 1.51. The molecular weight excluding hydrogens is 342 g/mol. The third kappa shape index (κ3) is 3.34. The van der Waals surface area contributed by atoms with Gasteiger partial charge in [0.2, 0.25) is 0 Å². The van der Waals surface area contributed by atoms with E-state index in [0.717, 1.165) is 16.7 Å². The molecule has 2 aromatic carbocycles. The standard InChI is InChI=1S/C19H16F2N2O3/c1-26-9-8-22-18(24)15-11-23(17-7-6-12(20)10-16(17)21)19(25)14-5-3-2-4-13(14)15/h2-7,10-11H,8-9H2,1H3,(H,22,24). The molecule has 0 aliphatic carbocycles. The summed E-state index contributed by atoms with van der Waals surface area (Å²) in [4.78, 5) is 25.3. The number of amides is 1. The van der Waals surface area contributed by atoms with Crippen LogP contribution < -0.4 is 10.9 Å². The first kappa shape index (κ1) is 17.8. The maximum absolute atomic E-state index is 14.2. The van der Waals surface area contributed by atoms with Crippen molar-refractivity contribution >= 4 is 16.7 Å². The van der Waals surface area contributed by atoms with E-state index in [1.54, 1.807) is 24.3 Å². The Kier molecular flexibility index (Phi) is 5.09. The van der Waals surface area contributed by atoms with Crippen LogP contribution in [0, 0.1) is 11.6 Å². The number of hydrogen-bond acceptors (Lipinski definition) is 3. The SMILES string of the molecule is COCCNC(=O)c1cn(-c2ccc(F)cc2F)c(=O)c2ccccc12. The predicted molar refractivity (Wildman–Crippen MR) is 93.7 cm³/mol. The van der Waals surface area contributed by atoms with Crippen LogP contribution in [0.4, 0.5) is 8.78 Å². The van der Waals surface area contributed by atoms with E-state index >= 15 is 0 Å². The number of benzene rings is 2. The Labute approximate surface area is 147 Å². The first-order valence-electron chi connectivity index (χ1n) is 7.90. The number of aromatic nitrogens is 1. The minimum atomic E-state index is -0.895. The van der Waals surface area contributed by atoms with Crippen molar-refractivity contribution in [1.29, 1.82) is 0 Å². The zero-order chi connectivity index (χ0) is 18.7. The lowest BCUT2D eigenvalue weighted by Crippen LogP contribution is -2.29. The molecule has 1 heterocycles. The largest absolute Gasteiger partial charge is 0.383 e. The lowest BCUT2D eigenvalue weighted by atomic mass is 10.1. The third-order valence-electron chi connectivity index (χ3n) is 3.93. The summed E-state index contributed by atoms with van der Waals surface area (Å²) in [6.45, 7) is 0.615. The normalized spacial score (nSPS) is 10.9. The van der Waals surface area contributed by atoms with Crippen molar-refractivity contribution in [3.63, 3.8) is 0 Å². The number of methoxy groups -OCH3 is 1. The van der Waals surface area contributed by atoms with Crippen molar-refractivity contribution in [3.8, 4) is 5.69 Å². The molecule has 3 rings (SSSR count). The number of nitrogens with one attached hydrogen (secondary N) is 1. The molecule has 3 aromatic rings. The topological polar surface area (TPSA) is 60.3 Å². The van der Waals surface area contributed by atoms with Crippen LogP contribution in [0.5, 0.6) is 0 Å². The van der Waals surface area contributed by atoms with Crippen LogP contribution in [-0.2, 0) is 4.74 Å². The van der Waals surface area contributed by atoms with Crippen molar-refractivity contribution in [3.05, 3.63) is 76.2 Å². The van der Waals surface area contributed by atoms with E-state index < -0.39 is 23.1 Å².